The van der Waals surface area contributed by atoms with Crippen molar-refractivity contribution in [3.8, 4) is 17.6 Å². The van der Waals surface area contributed by atoms with Gasteiger partial charge in [0.2, 0.25) is 0 Å². The smallest absolute Gasteiger partial charge is 0.458 e. The quantitative estimate of drug-likeness (QED) is 0.315. The second-order valence-electron chi connectivity index (χ2n) is 9.91. The molecular formula is C27H28F6O. The maximum absolute atomic E-state index is 14.6. The van der Waals surface area contributed by atoms with E-state index in [0.29, 0.717) is 12.5 Å². The van der Waals surface area contributed by atoms with Crippen molar-refractivity contribution in [3.63, 3.8) is 0 Å². The Labute approximate surface area is 195 Å². The van der Waals surface area contributed by atoms with Crippen LogP contribution in [0, 0.1) is 53.0 Å². The number of benzene rings is 2. The van der Waals surface area contributed by atoms with Crippen molar-refractivity contribution in [1.29, 1.82) is 0 Å². The van der Waals surface area contributed by atoms with E-state index in [2.05, 4.69) is 6.92 Å². The second-order valence-corrected chi connectivity index (χ2v) is 9.91. The first-order chi connectivity index (χ1) is 16.1. The summed E-state index contributed by atoms with van der Waals surface area (Å²) in [6, 6.07) is 3.07. The number of ether oxygens (including phenoxy) is 1. The minimum absolute atomic E-state index is 0.127. The molecule has 0 heterocycles. The van der Waals surface area contributed by atoms with E-state index < -0.39 is 34.6 Å². The molecule has 0 unspecified atom stereocenters. The molecule has 34 heavy (non-hydrogen) atoms. The molecule has 2 fully saturated rings. The number of fused-ring (bicyclic) bond motifs is 1. The second kappa shape index (κ2) is 10.1. The number of alkyl halides is 3. The molecule has 2 aromatic rings. The Balaban J connectivity index is 1.41. The fourth-order valence-corrected chi connectivity index (χ4v) is 5.51. The van der Waals surface area contributed by atoms with Crippen LogP contribution < -0.4 is 4.74 Å². The molecular weight excluding hydrogens is 454 g/mol. The van der Waals surface area contributed by atoms with Crippen LogP contribution in [0.4, 0.5) is 26.3 Å². The summed E-state index contributed by atoms with van der Waals surface area (Å²) in [5.41, 5.74) is -1.11. The third-order valence-corrected chi connectivity index (χ3v) is 7.49. The van der Waals surface area contributed by atoms with E-state index in [1.165, 1.54) is 37.7 Å². The molecule has 0 saturated heterocycles. The predicted octanol–water partition coefficient (Wildman–Crippen LogP) is 8.18. The fourth-order valence-electron chi connectivity index (χ4n) is 5.51. The van der Waals surface area contributed by atoms with Gasteiger partial charge >= 0.3 is 6.18 Å². The van der Waals surface area contributed by atoms with Gasteiger partial charge in [0.1, 0.15) is 17.4 Å². The zero-order valence-corrected chi connectivity index (χ0v) is 19.1. The number of halogens is 6. The van der Waals surface area contributed by atoms with Gasteiger partial charge in [0.15, 0.2) is 5.82 Å². The predicted molar refractivity (Wildman–Crippen MR) is 119 cm³/mol. The summed E-state index contributed by atoms with van der Waals surface area (Å²) in [7, 11) is 0. The number of hydrogen-bond acceptors (Lipinski definition) is 1. The summed E-state index contributed by atoms with van der Waals surface area (Å²) in [6.45, 7) is 2.71. The highest BCUT2D eigenvalue weighted by Crippen LogP contribution is 2.41. The van der Waals surface area contributed by atoms with E-state index in [-0.39, 0.29) is 11.1 Å². The van der Waals surface area contributed by atoms with Crippen LogP contribution in [0.2, 0.25) is 0 Å². The highest BCUT2D eigenvalue weighted by molar-refractivity contribution is 5.86. The van der Waals surface area contributed by atoms with Gasteiger partial charge in [-0.15, -0.1) is 0 Å². The fraction of sp³-hybridized carbons (Fsp3) is 0.556. The van der Waals surface area contributed by atoms with Gasteiger partial charge in [-0.2, -0.15) is 13.2 Å². The lowest BCUT2D eigenvalue weighted by molar-refractivity contribution is -0.0696. The maximum Gasteiger partial charge on any atom is 0.458 e. The van der Waals surface area contributed by atoms with Gasteiger partial charge in [-0.25, -0.2) is 13.2 Å². The average molecular weight is 483 g/mol. The van der Waals surface area contributed by atoms with Crippen molar-refractivity contribution in [2.24, 2.45) is 23.7 Å². The van der Waals surface area contributed by atoms with Gasteiger partial charge in [-0.05, 0) is 79.7 Å². The summed E-state index contributed by atoms with van der Waals surface area (Å²) in [4.78, 5) is 0. The third kappa shape index (κ3) is 5.82. The van der Waals surface area contributed by atoms with Gasteiger partial charge in [0.25, 0.3) is 0 Å². The van der Waals surface area contributed by atoms with Crippen molar-refractivity contribution in [2.45, 2.75) is 64.5 Å². The van der Waals surface area contributed by atoms with Gasteiger partial charge in [-0.1, -0.05) is 25.7 Å². The molecule has 0 radical (unpaired) electrons. The first-order valence-corrected chi connectivity index (χ1v) is 11.9. The molecule has 2 aliphatic rings. The van der Waals surface area contributed by atoms with E-state index in [1.807, 2.05) is 0 Å². The summed E-state index contributed by atoms with van der Waals surface area (Å²) < 4.78 is 86.2. The minimum atomic E-state index is -4.92. The molecule has 7 heteroatoms. The summed E-state index contributed by atoms with van der Waals surface area (Å²) in [6.07, 6.45) is 4.76. The van der Waals surface area contributed by atoms with Gasteiger partial charge in [-0.3, -0.25) is 0 Å². The third-order valence-electron chi connectivity index (χ3n) is 7.49. The Morgan fingerprint density at radius 3 is 2.09 bits per heavy atom. The normalized spacial score (nSPS) is 25.6. The first kappa shape index (κ1) is 24.8. The molecule has 0 aromatic heterocycles. The number of rotatable bonds is 4. The Bertz CT molecular complexity index is 1080. The molecule has 184 valence electrons. The van der Waals surface area contributed by atoms with Gasteiger partial charge in [0, 0.05) is 12.0 Å². The van der Waals surface area contributed by atoms with Crippen LogP contribution >= 0.6 is 0 Å². The Morgan fingerprint density at radius 1 is 0.853 bits per heavy atom. The molecule has 0 atom stereocenters. The minimum Gasteiger partial charge on any atom is -0.493 e. The average Bonchev–Trinajstić information content (AvgIpc) is 2.77. The van der Waals surface area contributed by atoms with Gasteiger partial charge in [0.05, 0.1) is 17.6 Å². The van der Waals surface area contributed by atoms with E-state index in [9.17, 15) is 26.3 Å². The van der Waals surface area contributed by atoms with E-state index in [1.54, 1.807) is 0 Å². The van der Waals surface area contributed by atoms with Crippen LogP contribution in [0.3, 0.4) is 0 Å². The maximum atomic E-state index is 14.6. The molecule has 1 nitrogen and oxygen atoms in total. The standard InChI is InChI=1S/C27H28F6O/c1-16-2-6-18(7-3-16)19-8-4-17(5-9-19)15-34-21-12-20-13-23(28)22(10-11-27(31,32)33)26(30)25(20)24(29)14-21/h12-14,16-19H,2-9,15H2,1H3. The molecule has 2 aliphatic carbocycles. The Hall–Kier alpha value is -2.36. The molecule has 0 aliphatic heterocycles. The van der Waals surface area contributed by atoms with Crippen LogP contribution in [0.5, 0.6) is 5.75 Å². The van der Waals surface area contributed by atoms with E-state index >= 15 is 0 Å². The Morgan fingerprint density at radius 2 is 1.47 bits per heavy atom. The largest absolute Gasteiger partial charge is 0.493 e. The van der Waals surface area contributed by atoms with Crippen LogP contribution in [0.15, 0.2) is 18.2 Å². The summed E-state index contributed by atoms with van der Waals surface area (Å²) in [5.74, 6) is 1.39. The lowest BCUT2D eigenvalue weighted by Crippen LogP contribution is -2.27. The van der Waals surface area contributed by atoms with Crippen molar-refractivity contribution in [3.05, 3.63) is 41.2 Å². The summed E-state index contributed by atoms with van der Waals surface area (Å²) in [5, 5.41) is -0.736. The molecule has 2 saturated carbocycles. The van der Waals surface area contributed by atoms with Crippen molar-refractivity contribution < 1.29 is 31.1 Å². The van der Waals surface area contributed by atoms with Crippen molar-refractivity contribution >= 4 is 10.8 Å². The molecule has 0 spiro atoms. The lowest BCUT2D eigenvalue weighted by atomic mass is 9.69. The molecule has 0 N–H and O–H groups in total. The SMILES string of the molecule is CC1CCC(C2CCC(COc3cc(F)c4c(F)c(C#CC(F)(F)F)c(F)cc4c3)CC2)CC1. The monoisotopic (exact) mass is 482 g/mol. The van der Waals surface area contributed by atoms with E-state index in [4.69, 9.17) is 4.74 Å². The highest BCUT2D eigenvalue weighted by atomic mass is 19.4. The summed E-state index contributed by atoms with van der Waals surface area (Å²) >= 11 is 0. The molecule has 4 rings (SSSR count). The van der Waals surface area contributed by atoms with Gasteiger partial charge < -0.3 is 4.74 Å². The number of hydrogen-bond donors (Lipinski definition) is 0. The first-order valence-electron chi connectivity index (χ1n) is 11.9. The lowest BCUT2D eigenvalue weighted by Gasteiger charge is -2.37. The van der Waals surface area contributed by atoms with Crippen LogP contribution in [-0.4, -0.2) is 12.8 Å². The van der Waals surface area contributed by atoms with Crippen molar-refractivity contribution in [1.82, 2.24) is 0 Å². The zero-order chi connectivity index (χ0) is 24.5. The topological polar surface area (TPSA) is 9.23 Å². The van der Waals surface area contributed by atoms with E-state index in [0.717, 1.165) is 61.5 Å². The van der Waals surface area contributed by atoms with Crippen LogP contribution in [-0.2, 0) is 0 Å². The Kier molecular flexibility index (Phi) is 7.35. The molecule has 0 bridgehead atoms. The van der Waals surface area contributed by atoms with Crippen molar-refractivity contribution in [2.75, 3.05) is 6.61 Å². The van der Waals surface area contributed by atoms with Crippen LogP contribution in [0.25, 0.3) is 10.8 Å². The molecule has 2 aromatic carbocycles. The highest BCUT2D eigenvalue weighted by Gasteiger charge is 2.30. The van der Waals surface area contributed by atoms with Crippen LogP contribution in [0.1, 0.15) is 63.9 Å². The zero-order valence-electron chi connectivity index (χ0n) is 19.1. The molecule has 0 amide bonds.